The van der Waals surface area contributed by atoms with Gasteiger partial charge in [-0.15, -0.1) is 0 Å². The summed E-state index contributed by atoms with van der Waals surface area (Å²) in [4.78, 5) is 13.9. The molecular formula is C23H34O5. The fourth-order valence-corrected chi connectivity index (χ4v) is 9.15. The number of aliphatic hydroxyl groups excluding tert-OH is 1. The van der Waals surface area contributed by atoms with Gasteiger partial charge in [-0.2, -0.15) is 0 Å². The fraction of sp³-hybridized carbons (Fsp3) is 0.957. The van der Waals surface area contributed by atoms with E-state index in [4.69, 9.17) is 14.2 Å². The Balaban J connectivity index is 1.58. The van der Waals surface area contributed by atoms with Gasteiger partial charge >= 0.3 is 0 Å². The predicted octanol–water partition coefficient (Wildman–Crippen LogP) is 2.94. The van der Waals surface area contributed by atoms with Crippen LogP contribution in [-0.4, -0.2) is 48.2 Å². The molecule has 2 aliphatic heterocycles. The number of ether oxygens (including phenoxy) is 3. The molecule has 2 bridgehead atoms. The molecule has 4 aliphatic carbocycles. The molecular weight excluding hydrogens is 356 g/mol. The van der Waals surface area contributed by atoms with Gasteiger partial charge < -0.3 is 19.3 Å². The van der Waals surface area contributed by atoms with Crippen molar-refractivity contribution in [1.82, 2.24) is 0 Å². The molecule has 6 rings (SSSR count). The summed E-state index contributed by atoms with van der Waals surface area (Å²) < 4.78 is 19.7. The predicted molar refractivity (Wildman–Crippen MR) is 101 cm³/mol. The lowest BCUT2D eigenvalue weighted by Gasteiger charge is -2.67. The van der Waals surface area contributed by atoms with E-state index in [0.717, 1.165) is 38.7 Å². The van der Waals surface area contributed by atoms with Crippen LogP contribution in [0.4, 0.5) is 0 Å². The van der Waals surface area contributed by atoms with Gasteiger partial charge in [-0.1, -0.05) is 20.3 Å². The molecule has 2 spiro atoms. The van der Waals surface area contributed by atoms with Crippen molar-refractivity contribution >= 4 is 5.78 Å². The Morgan fingerprint density at radius 1 is 1.14 bits per heavy atom. The maximum atomic E-state index is 13.9. The van der Waals surface area contributed by atoms with E-state index in [1.807, 2.05) is 13.8 Å². The first kappa shape index (κ1) is 18.3. The number of ketones is 1. The second-order valence-corrected chi connectivity index (χ2v) is 11.5. The molecule has 6 aliphatic rings. The van der Waals surface area contributed by atoms with Crippen molar-refractivity contribution in [1.29, 1.82) is 0 Å². The number of aliphatic hydroxyl groups is 1. The van der Waals surface area contributed by atoms with Crippen LogP contribution in [0.15, 0.2) is 0 Å². The molecule has 2 heterocycles. The quantitative estimate of drug-likeness (QED) is 0.746. The van der Waals surface area contributed by atoms with Gasteiger partial charge in [0.2, 0.25) is 0 Å². The highest BCUT2D eigenvalue weighted by Gasteiger charge is 2.82. The Labute approximate surface area is 167 Å². The van der Waals surface area contributed by atoms with Crippen LogP contribution in [0, 0.1) is 39.9 Å². The van der Waals surface area contributed by atoms with Crippen LogP contribution in [0.2, 0.25) is 0 Å². The van der Waals surface area contributed by atoms with Crippen molar-refractivity contribution in [3.05, 3.63) is 0 Å². The van der Waals surface area contributed by atoms with E-state index in [2.05, 4.69) is 13.8 Å². The average molecular weight is 391 g/mol. The van der Waals surface area contributed by atoms with E-state index in [9.17, 15) is 9.90 Å². The lowest BCUT2D eigenvalue weighted by molar-refractivity contribution is -0.380. The smallest absolute Gasteiger partial charge is 0.163 e. The first-order valence-corrected chi connectivity index (χ1v) is 11.3. The highest BCUT2D eigenvalue weighted by atomic mass is 16.7. The third-order valence-corrected chi connectivity index (χ3v) is 10.0. The van der Waals surface area contributed by atoms with Crippen molar-refractivity contribution in [2.24, 2.45) is 39.9 Å². The number of carbonyl (C=O) groups excluding carboxylic acids is 1. The van der Waals surface area contributed by atoms with Crippen LogP contribution in [0.3, 0.4) is 0 Å². The Morgan fingerprint density at radius 3 is 2.68 bits per heavy atom. The van der Waals surface area contributed by atoms with Crippen LogP contribution in [0.1, 0.15) is 59.8 Å². The summed E-state index contributed by atoms with van der Waals surface area (Å²) >= 11 is 0. The molecule has 156 valence electrons. The SMILES string of the molecule is CC1C(=O)C23C4CC5C(C)(CO)CCCC56COC(CC1C2OC(C)(C)O4)C63. The zero-order valence-electron chi connectivity index (χ0n) is 17.6. The summed E-state index contributed by atoms with van der Waals surface area (Å²) in [6.45, 7) is 9.29. The van der Waals surface area contributed by atoms with Crippen molar-refractivity contribution in [3.8, 4) is 0 Å². The molecule has 10 atom stereocenters. The molecule has 4 saturated carbocycles. The minimum absolute atomic E-state index is 0.0145. The standard InChI is InChI=1S/C23H34O5/c1-12-13-8-14-17-22(11-26-14)7-5-6-21(4,10-24)15(22)9-16-23(17,18(12)25)19(13)28-20(2,3)27-16/h12-17,19,24H,5-11H2,1-4H3. The first-order valence-electron chi connectivity index (χ1n) is 11.3. The molecule has 0 amide bonds. The van der Waals surface area contributed by atoms with E-state index >= 15 is 0 Å². The topological polar surface area (TPSA) is 65.0 Å². The van der Waals surface area contributed by atoms with E-state index < -0.39 is 11.2 Å². The number of carbonyl (C=O) groups is 1. The Bertz CT molecular complexity index is 735. The third kappa shape index (κ3) is 1.79. The lowest BCUT2D eigenvalue weighted by atomic mass is 9.39. The van der Waals surface area contributed by atoms with Gasteiger partial charge in [0.1, 0.15) is 5.78 Å². The summed E-state index contributed by atoms with van der Waals surface area (Å²) in [5.41, 5.74) is -0.694. The Hall–Kier alpha value is -0.490. The minimum Gasteiger partial charge on any atom is -0.396 e. The molecule has 28 heavy (non-hydrogen) atoms. The fourth-order valence-electron chi connectivity index (χ4n) is 9.15. The highest BCUT2D eigenvalue weighted by molar-refractivity contribution is 5.92. The second-order valence-electron chi connectivity index (χ2n) is 11.5. The van der Waals surface area contributed by atoms with Gasteiger partial charge in [0.05, 0.1) is 30.3 Å². The average Bonchev–Trinajstić information content (AvgIpc) is 3.07. The van der Waals surface area contributed by atoms with Crippen LogP contribution in [0.25, 0.3) is 0 Å². The zero-order valence-corrected chi connectivity index (χ0v) is 17.6. The summed E-state index contributed by atoms with van der Waals surface area (Å²) in [5.74, 6) is 0.455. The second kappa shape index (κ2) is 5.22. The molecule has 0 aromatic heterocycles. The van der Waals surface area contributed by atoms with E-state index in [0.29, 0.717) is 11.7 Å². The van der Waals surface area contributed by atoms with Crippen molar-refractivity contribution in [2.75, 3.05) is 13.2 Å². The van der Waals surface area contributed by atoms with E-state index in [-0.39, 0.29) is 53.5 Å². The molecule has 1 N–H and O–H groups in total. The van der Waals surface area contributed by atoms with Gasteiger partial charge in [-0.05, 0) is 56.8 Å². The van der Waals surface area contributed by atoms with Crippen LogP contribution in [0.5, 0.6) is 0 Å². The van der Waals surface area contributed by atoms with Gasteiger partial charge in [0, 0.05) is 23.9 Å². The number of hydrogen-bond donors (Lipinski definition) is 1. The molecule has 2 saturated heterocycles. The molecule has 6 fully saturated rings. The molecule has 5 nitrogen and oxygen atoms in total. The summed E-state index contributed by atoms with van der Waals surface area (Å²) in [7, 11) is 0. The molecule has 0 aromatic carbocycles. The maximum Gasteiger partial charge on any atom is 0.163 e. The normalized spacial score (nSPS) is 61.0. The highest BCUT2D eigenvalue weighted by Crippen LogP contribution is 2.75. The van der Waals surface area contributed by atoms with Gasteiger partial charge in [-0.25, -0.2) is 0 Å². The number of rotatable bonds is 1. The van der Waals surface area contributed by atoms with E-state index in [1.165, 1.54) is 0 Å². The van der Waals surface area contributed by atoms with Crippen LogP contribution < -0.4 is 0 Å². The lowest BCUT2D eigenvalue weighted by Crippen LogP contribution is -2.73. The van der Waals surface area contributed by atoms with Gasteiger partial charge in [0.15, 0.2) is 5.79 Å². The summed E-state index contributed by atoms with van der Waals surface area (Å²) in [6, 6.07) is 0. The van der Waals surface area contributed by atoms with E-state index in [1.54, 1.807) is 0 Å². The molecule has 10 unspecified atom stereocenters. The van der Waals surface area contributed by atoms with Crippen LogP contribution >= 0.6 is 0 Å². The van der Waals surface area contributed by atoms with Crippen molar-refractivity contribution in [3.63, 3.8) is 0 Å². The maximum absolute atomic E-state index is 13.9. The number of Topliss-reactive ketones (excluding diaryl/α,β-unsaturated/α-hetero) is 1. The molecule has 0 radical (unpaired) electrons. The largest absolute Gasteiger partial charge is 0.396 e. The summed E-state index contributed by atoms with van der Waals surface area (Å²) in [5, 5.41) is 10.4. The minimum atomic E-state index is -0.669. The third-order valence-electron chi connectivity index (χ3n) is 10.0. The van der Waals surface area contributed by atoms with Crippen LogP contribution in [-0.2, 0) is 19.0 Å². The molecule has 5 heteroatoms. The molecule has 0 aromatic rings. The number of hydrogen-bond acceptors (Lipinski definition) is 5. The first-order chi connectivity index (χ1) is 13.2. The zero-order chi connectivity index (χ0) is 19.7. The van der Waals surface area contributed by atoms with Crippen molar-refractivity contribution in [2.45, 2.75) is 83.9 Å². The monoisotopic (exact) mass is 390 g/mol. The Kier molecular flexibility index (Phi) is 3.41. The summed E-state index contributed by atoms with van der Waals surface area (Å²) in [6.07, 6.45) is 4.98. The van der Waals surface area contributed by atoms with Crippen molar-refractivity contribution < 1.29 is 24.1 Å². The van der Waals surface area contributed by atoms with Gasteiger partial charge in [-0.3, -0.25) is 4.79 Å². The van der Waals surface area contributed by atoms with Gasteiger partial charge in [0.25, 0.3) is 0 Å². The Morgan fingerprint density at radius 2 is 1.93 bits per heavy atom.